The minimum atomic E-state index is -4.31. The van der Waals surface area contributed by atoms with Gasteiger partial charge >= 0.3 is 6.18 Å². The zero-order chi connectivity index (χ0) is 14.3. The predicted octanol–water partition coefficient (Wildman–Crippen LogP) is 3.20. The van der Waals surface area contributed by atoms with Crippen LogP contribution in [-0.2, 0) is 12.7 Å². The molecule has 0 bridgehead atoms. The number of alkyl halides is 3. The molecule has 0 aliphatic rings. The van der Waals surface area contributed by atoms with Crippen molar-refractivity contribution in [2.75, 3.05) is 13.2 Å². The van der Waals surface area contributed by atoms with E-state index in [4.69, 9.17) is 5.11 Å². The van der Waals surface area contributed by atoms with Crippen molar-refractivity contribution in [3.05, 3.63) is 35.4 Å². The van der Waals surface area contributed by atoms with Crippen molar-refractivity contribution in [1.82, 2.24) is 5.32 Å². The lowest BCUT2D eigenvalue weighted by molar-refractivity contribution is -0.138. The molecule has 2 N–H and O–H groups in total. The van der Waals surface area contributed by atoms with Gasteiger partial charge in [-0.3, -0.25) is 0 Å². The molecular formula is C14H20F3NO. The van der Waals surface area contributed by atoms with Crippen LogP contribution in [0.1, 0.15) is 30.9 Å². The predicted molar refractivity (Wildman–Crippen MR) is 68.6 cm³/mol. The first kappa shape index (κ1) is 16.0. The monoisotopic (exact) mass is 275 g/mol. The largest absolute Gasteiger partial charge is 0.416 e. The summed E-state index contributed by atoms with van der Waals surface area (Å²) < 4.78 is 38.3. The number of aliphatic hydroxyl groups excluding tert-OH is 1. The fourth-order valence-corrected chi connectivity index (χ4v) is 2.00. The highest BCUT2D eigenvalue weighted by molar-refractivity contribution is 5.29. The van der Waals surface area contributed by atoms with Crippen LogP contribution in [0.4, 0.5) is 13.2 Å². The minimum absolute atomic E-state index is 0.110. The third kappa shape index (κ3) is 5.20. The van der Waals surface area contributed by atoms with E-state index in [0.29, 0.717) is 18.9 Å². The molecule has 19 heavy (non-hydrogen) atoms. The van der Waals surface area contributed by atoms with Gasteiger partial charge in [-0.2, -0.15) is 13.2 Å². The molecule has 5 heteroatoms. The van der Waals surface area contributed by atoms with Crippen LogP contribution in [0.15, 0.2) is 24.3 Å². The van der Waals surface area contributed by atoms with Gasteiger partial charge in [-0.1, -0.05) is 31.5 Å². The van der Waals surface area contributed by atoms with Crippen LogP contribution in [0, 0.1) is 5.92 Å². The van der Waals surface area contributed by atoms with Crippen LogP contribution in [0.3, 0.4) is 0 Å². The van der Waals surface area contributed by atoms with Gasteiger partial charge in [0.25, 0.3) is 0 Å². The second kappa shape index (κ2) is 7.50. The highest BCUT2D eigenvalue weighted by atomic mass is 19.4. The van der Waals surface area contributed by atoms with E-state index < -0.39 is 11.7 Å². The number of rotatable bonds is 7. The zero-order valence-corrected chi connectivity index (χ0v) is 11.0. The Morgan fingerprint density at radius 1 is 1.26 bits per heavy atom. The molecule has 0 spiro atoms. The number of hydrogen-bond donors (Lipinski definition) is 2. The highest BCUT2D eigenvalue weighted by Crippen LogP contribution is 2.31. The molecule has 0 heterocycles. The van der Waals surface area contributed by atoms with Crippen molar-refractivity contribution in [2.45, 2.75) is 32.5 Å². The van der Waals surface area contributed by atoms with E-state index in [1.54, 1.807) is 6.07 Å². The quantitative estimate of drug-likeness (QED) is 0.801. The van der Waals surface area contributed by atoms with Gasteiger partial charge in [-0.05, 0) is 30.5 Å². The van der Waals surface area contributed by atoms with Crippen LogP contribution in [0.2, 0.25) is 0 Å². The van der Waals surface area contributed by atoms with Gasteiger partial charge in [-0.25, -0.2) is 0 Å². The summed E-state index contributed by atoms with van der Waals surface area (Å²) in [6, 6.07) is 5.59. The zero-order valence-electron chi connectivity index (χ0n) is 11.0. The molecule has 1 unspecified atom stereocenters. The van der Waals surface area contributed by atoms with Gasteiger partial charge in [0.1, 0.15) is 0 Å². The lowest BCUT2D eigenvalue weighted by atomic mass is 10.0. The van der Waals surface area contributed by atoms with E-state index in [0.717, 1.165) is 12.5 Å². The Kier molecular flexibility index (Phi) is 6.31. The lowest BCUT2D eigenvalue weighted by Crippen LogP contribution is -2.24. The maximum absolute atomic E-state index is 12.8. The van der Waals surface area contributed by atoms with Crippen LogP contribution in [-0.4, -0.2) is 18.3 Å². The maximum Gasteiger partial charge on any atom is 0.416 e. The highest BCUT2D eigenvalue weighted by Gasteiger charge is 2.32. The third-order valence-electron chi connectivity index (χ3n) is 3.19. The molecule has 0 aliphatic heterocycles. The molecule has 0 saturated carbocycles. The van der Waals surface area contributed by atoms with Gasteiger partial charge in [0.2, 0.25) is 0 Å². The molecule has 0 saturated heterocycles. The maximum atomic E-state index is 12.8. The summed E-state index contributed by atoms with van der Waals surface area (Å²) in [6.45, 7) is 2.92. The number of halogens is 3. The molecule has 0 aliphatic carbocycles. The standard InChI is InChI=1S/C14H20F3NO/c1-2-11(7-8-19)9-18-10-12-5-3-4-6-13(12)14(15,16)17/h3-6,11,18-19H,2,7-10H2,1H3. The lowest BCUT2D eigenvalue weighted by Gasteiger charge is -2.16. The summed E-state index contributed by atoms with van der Waals surface area (Å²) in [4.78, 5) is 0. The topological polar surface area (TPSA) is 32.3 Å². The molecule has 0 aromatic heterocycles. The van der Waals surface area contributed by atoms with Crippen LogP contribution in [0.25, 0.3) is 0 Å². The average molecular weight is 275 g/mol. The van der Waals surface area contributed by atoms with Crippen LogP contribution >= 0.6 is 0 Å². The van der Waals surface area contributed by atoms with Gasteiger partial charge in [0, 0.05) is 13.2 Å². The molecular weight excluding hydrogens is 255 g/mol. The normalized spacial score (nSPS) is 13.5. The second-order valence-electron chi connectivity index (χ2n) is 4.57. The second-order valence-corrected chi connectivity index (χ2v) is 4.57. The Morgan fingerprint density at radius 2 is 1.95 bits per heavy atom. The molecule has 108 valence electrons. The molecule has 1 aromatic carbocycles. The fraction of sp³-hybridized carbons (Fsp3) is 0.571. The van der Waals surface area contributed by atoms with Crippen LogP contribution in [0.5, 0.6) is 0 Å². The van der Waals surface area contributed by atoms with Crippen LogP contribution < -0.4 is 5.32 Å². The summed E-state index contributed by atoms with van der Waals surface area (Å²) >= 11 is 0. The Hall–Kier alpha value is -1.07. The summed E-state index contributed by atoms with van der Waals surface area (Å²) in [6.07, 6.45) is -2.74. The number of benzene rings is 1. The Morgan fingerprint density at radius 3 is 2.53 bits per heavy atom. The average Bonchev–Trinajstić information content (AvgIpc) is 2.37. The fourth-order valence-electron chi connectivity index (χ4n) is 2.00. The summed E-state index contributed by atoms with van der Waals surface area (Å²) in [5, 5.41) is 11.9. The van der Waals surface area contributed by atoms with Crippen molar-refractivity contribution in [3.63, 3.8) is 0 Å². The van der Waals surface area contributed by atoms with Crippen molar-refractivity contribution >= 4 is 0 Å². The van der Waals surface area contributed by atoms with E-state index in [-0.39, 0.29) is 18.7 Å². The van der Waals surface area contributed by atoms with E-state index in [1.165, 1.54) is 12.1 Å². The summed E-state index contributed by atoms with van der Waals surface area (Å²) in [5.41, 5.74) is -0.327. The molecule has 1 aromatic rings. The number of hydrogen-bond acceptors (Lipinski definition) is 2. The SMILES string of the molecule is CCC(CCO)CNCc1ccccc1C(F)(F)F. The van der Waals surface area contributed by atoms with Gasteiger partial charge in [0.15, 0.2) is 0 Å². The summed E-state index contributed by atoms with van der Waals surface area (Å²) in [5.74, 6) is 0.294. The molecule has 0 amide bonds. The Balaban J connectivity index is 2.58. The summed E-state index contributed by atoms with van der Waals surface area (Å²) in [7, 11) is 0. The van der Waals surface area contributed by atoms with E-state index >= 15 is 0 Å². The van der Waals surface area contributed by atoms with E-state index in [1.807, 2.05) is 6.92 Å². The smallest absolute Gasteiger partial charge is 0.396 e. The third-order valence-corrected chi connectivity index (χ3v) is 3.19. The molecule has 0 fully saturated rings. The van der Waals surface area contributed by atoms with E-state index in [2.05, 4.69) is 5.32 Å². The molecule has 1 atom stereocenters. The minimum Gasteiger partial charge on any atom is -0.396 e. The van der Waals surface area contributed by atoms with Crippen molar-refractivity contribution in [1.29, 1.82) is 0 Å². The van der Waals surface area contributed by atoms with Crippen molar-refractivity contribution in [2.24, 2.45) is 5.92 Å². The van der Waals surface area contributed by atoms with Crippen molar-refractivity contribution in [3.8, 4) is 0 Å². The first-order chi connectivity index (χ1) is 8.99. The number of nitrogens with one attached hydrogen (secondary N) is 1. The first-order valence-corrected chi connectivity index (χ1v) is 6.45. The molecule has 2 nitrogen and oxygen atoms in total. The molecule has 0 radical (unpaired) electrons. The van der Waals surface area contributed by atoms with Gasteiger partial charge < -0.3 is 10.4 Å². The Bertz CT molecular complexity index is 379. The number of aliphatic hydroxyl groups is 1. The van der Waals surface area contributed by atoms with E-state index in [9.17, 15) is 13.2 Å². The Labute approximate surface area is 111 Å². The van der Waals surface area contributed by atoms with Gasteiger partial charge in [-0.15, -0.1) is 0 Å². The first-order valence-electron chi connectivity index (χ1n) is 6.45. The molecule has 1 rings (SSSR count). The van der Waals surface area contributed by atoms with Gasteiger partial charge in [0.05, 0.1) is 5.56 Å². The van der Waals surface area contributed by atoms with Crippen molar-refractivity contribution < 1.29 is 18.3 Å².